The molecule has 0 fully saturated rings. The summed E-state index contributed by atoms with van der Waals surface area (Å²) in [5.74, 6) is -0.773. The molecule has 1 aromatic heterocycles. The number of phenolic OH excluding ortho intramolecular Hbond substituents is 2. The summed E-state index contributed by atoms with van der Waals surface area (Å²) in [6.07, 6.45) is 0. The van der Waals surface area contributed by atoms with Crippen LogP contribution in [0.2, 0.25) is 0 Å². The van der Waals surface area contributed by atoms with Crippen LogP contribution in [0.25, 0.3) is 16.9 Å². The number of aromatic carboxylic acids is 1. The van der Waals surface area contributed by atoms with Crippen molar-refractivity contribution in [3.63, 3.8) is 0 Å². The highest BCUT2D eigenvalue weighted by molar-refractivity contribution is 5.91. The minimum Gasteiger partial charge on any atom is -0.508 e. The van der Waals surface area contributed by atoms with Crippen molar-refractivity contribution in [1.82, 2.24) is 4.57 Å². The predicted molar refractivity (Wildman–Crippen MR) is 86.2 cm³/mol. The van der Waals surface area contributed by atoms with Gasteiger partial charge in [0.15, 0.2) is 0 Å². The predicted octanol–water partition coefficient (Wildman–Crippen LogP) is 3.56. The van der Waals surface area contributed by atoms with Gasteiger partial charge < -0.3 is 19.9 Å². The Morgan fingerprint density at radius 1 is 0.957 bits per heavy atom. The maximum atomic E-state index is 11.5. The van der Waals surface area contributed by atoms with E-state index in [2.05, 4.69) is 0 Å². The zero-order valence-electron chi connectivity index (χ0n) is 12.4. The lowest BCUT2D eigenvalue weighted by Gasteiger charge is -2.12. The average molecular weight is 309 g/mol. The topological polar surface area (TPSA) is 82.7 Å². The van der Waals surface area contributed by atoms with Crippen molar-refractivity contribution in [2.75, 3.05) is 0 Å². The van der Waals surface area contributed by atoms with E-state index in [1.807, 2.05) is 0 Å². The molecule has 3 rings (SSSR count). The minimum atomic E-state index is -1.01. The second-order valence-corrected chi connectivity index (χ2v) is 5.24. The number of rotatable bonds is 3. The van der Waals surface area contributed by atoms with E-state index in [4.69, 9.17) is 0 Å². The van der Waals surface area contributed by atoms with Crippen LogP contribution in [0.15, 0.2) is 54.6 Å². The normalized spacial score (nSPS) is 10.7. The number of hydrogen-bond donors (Lipinski definition) is 3. The van der Waals surface area contributed by atoms with Gasteiger partial charge in [-0.05, 0) is 55.0 Å². The first-order chi connectivity index (χ1) is 11.0. The van der Waals surface area contributed by atoms with E-state index in [0.29, 0.717) is 17.1 Å². The molecule has 0 saturated carbocycles. The minimum absolute atomic E-state index is 0.101. The quantitative estimate of drug-likeness (QED) is 0.691. The molecular formula is C18H15NO4. The molecule has 0 radical (unpaired) electrons. The summed E-state index contributed by atoms with van der Waals surface area (Å²) in [4.78, 5) is 11.5. The number of carboxylic acid groups (broad SMARTS) is 1. The number of hydrogen-bond acceptors (Lipinski definition) is 3. The van der Waals surface area contributed by atoms with Crippen molar-refractivity contribution < 1.29 is 20.1 Å². The molecule has 23 heavy (non-hydrogen) atoms. The number of carboxylic acids is 1. The van der Waals surface area contributed by atoms with Gasteiger partial charge in [0.25, 0.3) is 0 Å². The second kappa shape index (κ2) is 5.53. The van der Waals surface area contributed by atoms with Crippen LogP contribution in [-0.2, 0) is 0 Å². The molecule has 2 aromatic carbocycles. The molecule has 0 saturated heterocycles. The van der Waals surface area contributed by atoms with Crippen LogP contribution < -0.4 is 0 Å². The maximum absolute atomic E-state index is 11.5. The highest BCUT2D eigenvalue weighted by Gasteiger charge is 2.19. The van der Waals surface area contributed by atoms with Crippen LogP contribution in [0.4, 0.5) is 0 Å². The number of carbonyl (C=O) groups is 1. The van der Waals surface area contributed by atoms with E-state index >= 15 is 0 Å². The van der Waals surface area contributed by atoms with Gasteiger partial charge in [-0.1, -0.05) is 6.07 Å². The fourth-order valence-electron chi connectivity index (χ4n) is 2.63. The van der Waals surface area contributed by atoms with Gasteiger partial charge >= 0.3 is 5.97 Å². The number of aromatic hydroxyl groups is 2. The smallest absolute Gasteiger partial charge is 0.337 e. The number of nitrogens with zero attached hydrogens (tertiary/aromatic N) is 1. The molecule has 0 spiro atoms. The first kappa shape index (κ1) is 14.7. The van der Waals surface area contributed by atoms with Gasteiger partial charge in [0.05, 0.1) is 11.3 Å². The van der Waals surface area contributed by atoms with Crippen LogP contribution in [0.3, 0.4) is 0 Å². The van der Waals surface area contributed by atoms with E-state index < -0.39 is 5.97 Å². The van der Waals surface area contributed by atoms with Gasteiger partial charge in [0, 0.05) is 17.4 Å². The SMILES string of the molecule is Cc1c(C(=O)O)cc(-c2ccc(O)cc2)n1-c1cccc(O)c1. The average Bonchev–Trinajstić information content (AvgIpc) is 2.85. The highest BCUT2D eigenvalue weighted by Crippen LogP contribution is 2.31. The summed E-state index contributed by atoms with van der Waals surface area (Å²) in [6.45, 7) is 1.72. The second-order valence-electron chi connectivity index (χ2n) is 5.24. The molecule has 0 atom stereocenters. The molecule has 1 heterocycles. The van der Waals surface area contributed by atoms with Gasteiger partial charge in [0.2, 0.25) is 0 Å². The van der Waals surface area contributed by atoms with Crippen molar-refractivity contribution >= 4 is 5.97 Å². The van der Waals surface area contributed by atoms with E-state index in [1.165, 1.54) is 0 Å². The highest BCUT2D eigenvalue weighted by atomic mass is 16.4. The van der Waals surface area contributed by atoms with Crippen molar-refractivity contribution in [3.05, 3.63) is 65.9 Å². The lowest BCUT2D eigenvalue weighted by Crippen LogP contribution is -2.02. The van der Waals surface area contributed by atoms with Gasteiger partial charge in [-0.25, -0.2) is 4.79 Å². The molecule has 5 heteroatoms. The molecule has 0 unspecified atom stereocenters. The van der Waals surface area contributed by atoms with E-state index in [9.17, 15) is 20.1 Å². The molecule has 3 aromatic rings. The van der Waals surface area contributed by atoms with Crippen LogP contribution in [-0.4, -0.2) is 25.9 Å². The summed E-state index contributed by atoms with van der Waals surface area (Å²) in [6, 6.07) is 14.7. The molecule has 0 bridgehead atoms. The van der Waals surface area contributed by atoms with Crippen molar-refractivity contribution in [2.24, 2.45) is 0 Å². The largest absolute Gasteiger partial charge is 0.508 e. The Hall–Kier alpha value is -3.21. The van der Waals surface area contributed by atoms with Crippen molar-refractivity contribution in [1.29, 1.82) is 0 Å². The number of benzene rings is 2. The summed E-state index contributed by atoms with van der Waals surface area (Å²) in [7, 11) is 0. The summed E-state index contributed by atoms with van der Waals surface area (Å²) >= 11 is 0. The number of phenols is 2. The fourth-order valence-corrected chi connectivity index (χ4v) is 2.63. The van der Waals surface area contributed by atoms with Crippen molar-refractivity contribution in [2.45, 2.75) is 6.92 Å². The number of aromatic nitrogens is 1. The van der Waals surface area contributed by atoms with Gasteiger partial charge in [-0.15, -0.1) is 0 Å². The Balaban J connectivity index is 2.28. The molecular weight excluding hydrogens is 294 g/mol. The molecule has 116 valence electrons. The standard InChI is InChI=1S/C18H15NO4/c1-11-16(18(22)23)10-17(12-5-7-14(20)8-6-12)19(11)13-3-2-4-15(21)9-13/h2-10,20-21H,1H3,(H,22,23). The molecule has 5 nitrogen and oxygen atoms in total. The lowest BCUT2D eigenvalue weighted by molar-refractivity contribution is 0.0696. The maximum Gasteiger partial charge on any atom is 0.337 e. The summed E-state index contributed by atoms with van der Waals surface area (Å²) in [5.41, 5.74) is 2.85. The zero-order valence-corrected chi connectivity index (χ0v) is 12.4. The van der Waals surface area contributed by atoms with Gasteiger partial charge in [-0.3, -0.25) is 0 Å². The molecule has 3 N–H and O–H groups in total. The summed E-state index contributed by atoms with van der Waals surface area (Å²) < 4.78 is 1.77. The van der Waals surface area contributed by atoms with E-state index in [-0.39, 0.29) is 17.1 Å². The monoisotopic (exact) mass is 309 g/mol. The Kier molecular flexibility index (Phi) is 3.54. The Morgan fingerprint density at radius 2 is 1.65 bits per heavy atom. The van der Waals surface area contributed by atoms with Gasteiger partial charge in [-0.2, -0.15) is 0 Å². The molecule has 0 amide bonds. The Morgan fingerprint density at radius 3 is 2.26 bits per heavy atom. The van der Waals surface area contributed by atoms with Crippen molar-refractivity contribution in [3.8, 4) is 28.4 Å². The third-order valence-electron chi connectivity index (χ3n) is 3.73. The zero-order chi connectivity index (χ0) is 16.6. The lowest BCUT2D eigenvalue weighted by atomic mass is 10.1. The third kappa shape index (κ3) is 2.64. The first-order valence-electron chi connectivity index (χ1n) is 7.02. The molecule has 0 aliphatic heterocycles. The molecule has 0 aliphatic rings. The van der Waals surface area contributed by atoms with Crippen LogP contribution in [0.5, 0.6) is 11.5 Å². The van der Waals surface area contributed by atoms with Crippen LogP contribution in [0.1, 0.15) is 16.1 Å². The van der Waals surface area contributed by atoms with E-state index in [1.54, 1.807) is 66.1 Å². The van der Waals surface area contributed by atoms with Crippen LogP contribution >= 0.6 is 0 Å². The van der Waals surface area contributed by atoms with Crippen LogP contribution in [0, 0.1) is 6.92 Å². The molecule has 0 aliphatic carbocycles. The Bertz CT molecular complexity index is 879. The third-order valence-corrected chi connectivity index (χ3v) is 3.73. The summed E-state index contributed by atoms with van der Waals surface area (Å²) in [5, 5.41) is 28.5. The first-order valence-corrected chi connectivity index (χ1v) is 7.02. The van der Waals surface area contributed by atoms with E-state index in [0.717, 1.165) is 5.56 Å². The fraction of sp³-hybridized carbons (Fsp3) is 0.0556. The Labute approximate surface area is 132 Å². The van der Waals surface area contributed by atoms with Gasteiger partial charge in [0.1, 0.15) is 11.5 Å².